The molecule has 0 atom stereocenters. The van der Waals surface area contributed by atoms with E-state index in [9.17, 15) is 0 Å². The average molecular weight is 352 g/mol. The van der Waals surface area contributed by atoms with Crippen LogP contribution in [0.3, 0.4) is 0 Å². The van der Waals surface area contributed by atoms with Gasteiger partial charge in [0.05, 0.1) is 0 Å². The Labute approximate surface area is 64.3 Å². The maximum Gasteiger partial charge on any atom is 0 e. The summed E-state index contributed by atoms with van der Waals surface area (Å²) in [6.45, 7) is 0. The molecule has 0 unspecified atom stereocenters. The molecular weight excluding hydrogens is 352 g/mol. The van der Waals surface area contributed by atoms with Gasteiger partial charge in [0.2, 0.25) is 0 Å². The van der Waals surface area contributed by atoms with Crippen LogP contribution >= 0.6 is 0 Å². The molecule has 0 amide bonds. The summed E-state index contributed by atoms with van der Waals surface area (Å²) < 4.78 is 8.39. The van der Waals surface area contributed by atoms with Crippen LogP contribution in [0, 0.1) is 0 Å². The largest absolute Gasteiger partial charge is 0 e. The zero-order valence-electron chi connectivity index (χ0n) is 1.92. The molecular formula is CuOPbZn. The van der Waals surface area contributed by atoms with E-state index in [2.05, 4.69) is 0 Å². The third-order valence-electron chi connectivity index (χ3n) is 0. The fraction of sp³-hybridized carbons (Fsp3) is 0. The monoisotopic (exact) mass is 351 g/mol. The third kappa shape index (κ3) is 9.12. The second-order valence-electron chi connectivity index (χ2n) is 0. The van der Waals surface area contributed by atoms with Gasteiger partial charge < -0.3 is 0 Å². The normalized spacial score (nSPS) is 1.00. The molecule has 0 aliphatic carbocycles. The molecule has 0 saturated carbocycles. The minimum absolute atomic E-state index is 0. The Hall–Kier alpha value is 1.86. The van der Waals surface area contributed by atoms with Gasteiger partial charge in [-0.05, 0) is 0 Å². The second kappa shape index (κ2) is 20.9. The molecule has 4 heavy (non-hydrogen) atoms. The summed E-state index contributed by atoms with van der Waals surface area (Å²) in [7, 11) is 0. The van der Waals surface area contributed by atoms with Crippen molar-refractivity contribution in [2.45, 2.75) is 0 Å². The van der Waals surface area contributed by atoms with Gasteiger partial charge in [0, 0.05) is 36.5 Å². The fourth-order valence-corrected chi connectivity index (χ4v) is 0. The summed E-state index contributed by atoms with van der Waals surface area (Å²) in [6, 6.07) is 0. The van der Waals surface area contributed by atoms with Crippen molar-refractivity contribution in [1.29, 1.82) is 0 Å². The minimum Gasteiger partial charge on any atom is 0 e. The molecule has 0 aromatic heterocycles. The van der Waals surface area contributed by atoms with E-state index in [0.717, 1.165) is 0 Å². The van der Waals surface area contributed by atoms with Crippen LogP contribution in [0.2, 0.25) is 0 Å². The first-order valence-electron chi connectivity index (χ1n) is 0.204. The van der Waals surface area contributed by atoms with Crippen molar-refractivity contribution < 1.29 is 39.2 Å². The average Bonchev–Trinajstić information content (AvgIpc) is 1.00. The third-order valence-corrected chi connectivity index (χ3v) is 0. The van der Waals surface area contributed by atoms with Crippen molar-refractivity contribution in [3.8, 4) is 0 Å². The van der Waals surface area contributed by atoms with Gasteiger partial charge in [-0.2, -0.15) is 0 Å². The first kappa shape index (κ1) is 16.9. The molecule has 0 rings (SSSR count). The molecule has 0 aromatic rings. The summed E-state index contributed by atoms with van der Waals surface area (Å²) in [6.07, 6.45) is 0. The van der Waals surface area contributed by atoms with E-state index in [4.69, 9.17) is 2.69 Å². The van der Waals surface area contributed by atoms with Crippen LogP contribution < -0.4 is 0 Å². The van der Waals surface area contributed by atoms with Crippen LogP contribution in [0.25, 0.3) is 0 Å². The minimum atomic E-state index is 0. The Bertz CT molecular complexity index is 8.00. The van der Waals surface area contributed by atoms with Crippen LogP contribution in [0.15, 0.2) is 0 Å². The second-order valence-corrected chi connectivity index (χ2v) is 0. The SMILES string of the molecule is [Cu].[O]=[Pb].[Zn]. The molecule has 4 heteroatoms. The van der Waals surface area contributed by atoms with Crippen LogP contribution in [0.1, 0.15) is 0 Å². The smallest absolute Gasteiger partial charge is 0 e. The van der Waals surface area contributed by atoms with Crippen molar-refractivity contribution in [3.63, 3.8) is 0 Å². The Balaban J connectivity index is -0.00000000500. The number of hydrogen-bond donors (Lipinski definition) is 0. The van der Waals surface area contributed by atoms with Crippen molar-refractivity contribution >= 4 is 25.8 Å². The zero-order chi connectivity index (χ0) is 2.00. The van der Waals surface area contributed by atoms with Crippen LogP contribution in [-0.2, 0) is 39.2 Å². The van der Waals surface area contributed by atoms with Crippen LogP contribution in [0.4, 0.5) is 0 Å². The number of hydrogen-bond acceptors (Lipinski definition) is 1. The van der Waals surface area contributed by atoms with Gasteiger partial charge in [-0.25, -0.2) is 0 Å². The maximum absolute atomic E-state index is 8.39. The molecule has 0 saturated heterocycles. The number of rotatable bonds is 0. The topological polar surface area (TPSA) is 17.1 Å². The summed E-state index contributed by atoms with van der Waals surface area (Å²) >= 11 is 0.0556. The molecule has 0 heterocycles. The first-order chi connectivity index (χ1) is 1.00. The fourth-order valence-electron chi connectivity index (χ4n) is 0. The van der Waals surface area contributed by atoms with E-state index in [1.165, 1.54) is 0 Å². The van der Waals surface area contributed by atoms with Gasteiger partial charge in [0.25, 0.3) is 0 Å². The molecule has 0 spiro atoms. The maximum atomic E-state index is 8.39. The van der Waals surface area contributed by atoms with Gasteiger partial charge in [-0.1, -0.05) is 0 Å². The molecule has 3 radical (unpaired) electrons. The molecule has 0 aromatic carbocycles. The molecule has 0 bridgehead atoms. The molecule has 23 valence electrons. The van der Waals surface area contributed by atoms with Crippen molar-refractivity contribution in [2.24, 2.45) is 0 Å². The van der Waals surface area contributed by atoms with Crippen LogP contribution in [-0.4, -0.2) is 25.8 Å². The quantitative estimate of drug-likeness (QED) is 0.537. The molecule has 1 nitrogen and oxygen atoms in total. The van der Waals surface area contributed by atoms with E-state index < -0.39 is 0 Å². The summed E-state index contributed by atoms with van der Waals surface area (Å²) in [4.78, 5) is 0. The van der Waals surface area contributed by atoms with Gasteiger partial charge in [-0.15, -0.1) is 0 Å². The Morgan fingerprint density at radius 3 is 1.25 bits per heavy atom. The van der Waals surface area contributed by atoms with Crippen molar-refractivity contribution in [2.75, 3.05) is 0 Å². The van der Waals surface area contributed by atoms with E-state index in [1.807, 2.05) is 0 Å². The van der Waals surface area contributed by atoms with Crippen molar-refractivity contribution in [1.82, 2.24) is 0 Å². The van der Waals surface area contributed by atoms with Gasteiger partial charge in [0.15, 0.2) is 0 Å². The Morgan fingerprint density at radius 2 is 1.25 bits per heavy atom. The van der Waals surface area contributed by atoms with E-state index in [0.29, 0.717) is 0 Å². The van der Waals surface area contributed by atoms with Gasteiger partial charge in [0.1, 0.15) is 0 Å². The Kier molecular flexibility index (Phi) is 88.3. The summed E-state index contributed by atoms with van der Waals surface area (Å²) in [5, 5.41) is 0. The predicted octanol–water partition coefficient (Wildman–Crippen LogP) is -0.505. The van der Waals surface area contributed by atoms with Crippen molar-refractivity contribution in [3.05, 3.63) is 0 Å². The van der Waals surface area contributed by atoms with Crippen LogP contribution in [0.5, 0.6) is 0 Å². The predicted molar refractivity (Wildman–Crippen MR) is 6.44 cm³/mol. The molecule has 0 aliphatic rings. The van der Waals surface area contributed by atoms with Gasteiger partial charge in [-0.3, -0.25) is 0 Å². The Morgan fingerprint density at radius 1 is 1.25 bits per heavy atom. The van der Waals surface area contributed by atoms with Gasteiger partial charge >= 0.3 is 28.5 Å². The standard InChI is InChI=1S/Cu.O.Pb.Zn. The first-order valence-corrected chi connectivity index (χ1v) is 1.79. The van der Waals surface area contributed by atoms with E-state index >= 15 is 0 Å². The molecule has 0 fully saturated rings. The van der Waals surface area contributed by atoms with E-state index in [1.54, 1.807) is 0 Å². The summed E-state index contributed by atoms with van der Waals surface area (Å²) in [5.41, 5.74) is 0. The van der Waals surface area contributed by atoms with E-state index in [-0.39, 0.29) is 62.3 Å². The summed E-state index contributed by atoms with van der Waals surface area (Å²) in [5.74, 6) is 0. The molecule has 0 aliphatic heterocycles. The zero-order valence-corrected chi connectivity index (χ0v) is 9.71. The molecule has 0 N–H and O–H groups in total.